The molecule has 0 radical (unpaired) electrons. The molecule has 0 aliphatic rings. The molecule has 0 amide bonds. The molecule has 0 fully saturated rings. The van der Waals surface area contributed by atoms with Gasteiger partial charge in [-0.3, -0.25) is 0 Å². The Balaban J connectivity index is 1.94. The second kappa shape index (κ2) is 5.76. The van der Waals surface area contributed by atoms with Crippen LogP contribution in [0.3, 0.4) is 0 Å². The molecular formula is C16H17N5. The van der Waals surface area contributed by atoms with E-state index in [4.69, 9.17) is 5.84 Å². The first kappa shape index (κ1) is 13.3. The van der Waals surface area contributed by atoms with Crippen molar-refractivity contribution in [1.82, 2.24) is 9.97 Å². The van der Waals surface area contributed by atoms with Crippen LogP contribution in [0.5, 0.6) is 0 Å². The highest BCUT2D eigenvalue weighted by molar-refractivity contribution is 5.86. The van der Waals surface area contributed by atoms with Crippen LogP contribution < -0.4 is 16.6 Å². The Hall–Kier alpha value is -2.66. The van der Waals surface area contributed by atoms with Gasteiger partial charge in [-0.1, -0.05) is 37.3 Å². The number of nitrogens with one attached hydrogen (secondary N) is 2. The zero-order chi connectivity index (χ0) is 14.7. The first-order chi connectivity index (χ1) is 10.3. The number of benzene rings is 2. The van der Waals surface area contributed by atoms with Gasteiger partial charge in [-0.25, -0.2) is 15.8 Å². The van der Waals surface area contributed by atoms with Crippen molar-refractivity contribution in [1.29, 1.82) is 0 Å². The lowest BCUT2D eigenvalue weighted by Crippen LogP contribution is -2.11. The summed E-state index contributed by atoms with van der Waals surface area (Å²) in [7, 11) is 0. The first-order valence-electron chi connectivity index (χ1n) is 6.89. The molecule has 3 aromatic rings. The Labute approximate surface area is 123 Å². The van der Waals surface area contributed by atoms with Crippen LogP contribution in [0.2, 0.25) is 0 Å². The van der Waals surface area contributed by atoms with Crippen LogP contribution in [-0.2, 0) is 6.42 Å². The van der Waals surface area contributed by atoms with Crippen molar-refractivity contribution in [2.75, 3.05) is 10.7 Å². The molecular weight excluding hydrogens is 262 g/mol. The summed E-state index contributed by atoms with van der Waals surface area (Å²) in [5, 5.41) is 5.70. The number of fused-ring (bicyclic) bond motifs is 1. The van der Waals surface area contributed by atoms with Gasteiger partial charge in [0.2, 0.25) is 0 Å². The molecule has 5 nitrogen and oxygen atoms in total. The maximum atomic E-state index is 5.44. The van der Waals surface area contributed by atoms with Crippen molar-refractivity contribution in [3.8, 4) is 0 Å². The average Bonchev–Trinajstić information content (AvgIpc) is 2.54. The van der Waals surface area contributed by atoms with E-state index in [2.05, 4.69) is 45.0 Å². The van der Waals surface area contributed by atoms with Crippen molar-refractivity contribution in [2.45, 2.75) is 13.3 Å². The third-order valence-electron chi connectivity index (χ3n) is 3.26. The van der Waals surface area contributed by atoms with Crippen molar-refractivity contribution in [3.05, 3.63) is 54.4 Å². The Kier molecular flexibility index (Phi) is 3.66. The van der Waals surface area contributed by atoms with Gasteiger partial charge in [-0.2, -0.15) is 0 Å². The van der Waals surface area contributed by atoms with Gasteiger partial charge in [0.1, 0.15) is 17.5 Å². The molecule has 4 N–H and O–H groups in total. The fourth-order valence-electron chi connectivity index (χ4n) is 2.21. The summed E-state index contributed by atoms with van der Waals surface area (Å²) in [6, 6.07) is 16.2. The summed E-state index contributed by atoms with van der Waals surface area (Å²) in [5.41, 5.74) is 3.55. The van der Waals surface area contributed by atoms with E-state index in [0.717, 1.165) is 23.8 Å². The molecule has 21 heavy (non-hydrogen) atoms. The normalized spacial score (nSPS) is 10.6. The molecule has 3 rings (SSSR count). The number of nitrogens with zero attached hydrogens (tertiary/aromatic N) is 2. The number of rotatable bonds is 4. The van der Waals surface area contributed by atoms with Gasteiger partial charge in [0.05, 0.1) is 0 Å². The van der Waals surface area contributed by atoms with E-state index in [1.54, 1.807) is 6.07 Å². The molecule has 106 valence electrons. The summed E-state index contributed by atoms with van der Waals surface area (Å²) in [4.78, 5) is 8.73. The SMILES string of the molecule is CCc1nc(NN)cc(Nc2ccc3ccccc3c2)n1. The average molecular weight is 279 g/mol. The van der Waals surface area contributed by atoms with Gasteiger partial charge in [0, 0.05) is 18.2 Å². The van der Waals surface area contributed by atoms with Crippen LogP contribution in [0.1, 0.15) is 12.7 Å². The highest BCUT2D eigenvalue weighted by Gasteiger charge is 2.03. The molecule has 1 heterocycles. The van der Waals surface area contributed by atoms with Gasteiger partial charge in [0.15, 0.2) is 0 Å². The minimum Gasteiger partial charge on any atom is -0.340 e. The van der Waals surface area contributed by atoms with Gasteiger partial charge in [0.25, 0.3) is 0 Å². The summed E-state index contributed by atoms with van der Waals surface area (Å²) < 4.78 is 0. The maximum absolute atomic E-state index is 5.44. The molecule has 0 saturated heterocycles. The standard InChI is InChI=1S/C16H17N5/c1-2-14-19-15(10-16(20-14)21-17)18-13-8-7-11-5-3-4-6-12(11)9-13/h3-10H,2,17H2,1H3,(H2,18,19,20,21). The molecule has 0 spiro atoms. The second-order valence-electron chi connectivity index (χ2n) is 4.74. The Morgan fingerprint density at radius 1 is 0.952 bits per heavy atom. The van der Waals surface area contributed by atoms with Crippen LogP contribution in [0.15, 0.2) is 48.5 Å². The predicted octanol–water partition coefficient (Wildman–Crippen LogP) is 3.22. The number of hydrazine groups is 1. The lowest BCUT2D eigenvalue weighted by Gasteiger charge is -2.10. The largest absolute Gasteiger partial charge is 0.340 e. The Bertz CT molecular complexity index is 747. The van der Waals surface area contributed by atoms with Crippen LogP contribution >= 0.6 is 0 Å². The second-order valence-corrected chi connectivity index (χ2v) is 4.74. The number of aryl methyl sites for hydroxylation is 1. The van der Waals surface area contributed by atoms with E-state index in [-0.39, 0.29) is 0 Å². The van der Waals surface area contributed by atoms with E-state index in [9.17, 15) is 0 Å². The van der Waals surface area contributed by atoms with Gasteiger partial charge < -0.3 is 10.7 Å². The lowest BCUT2D eigenvalue weighted by molar-refractivity contribution is 0.941. The van der Waals surface area contributed by atoms with Crippen molar-refractivity contribution in [2.24, 2.45) is 5.84 Å². The quantitative estimate of drug-likeness (QED) is 0.505. The summed E-state index contributed by atoms with van der Waals surface area (Å²) >= 11 is 0. The van der Waals surface area contributed by atoms with Crippen LogP contribution in [0.25, 0.3) is 10.8 Å². The number of hydrogen-bond donors (Lipinski definition) is 3. The van der Waals surface area contributed by atoms with Crippen molar-refractivity contribution >= 4 is 28.1 Å². The molecule has 0 saturated carbocycles. The van der Waals surface area contributed by atoms with E-state index in [1.807, 2.05) is 25.1 Å². The van der Waals surface area contributed by atoms with Crippen molar-refractivity contribution in [3.63, 3.8) is 0 Å². The Morgan fingerprint density at radius 3 is 2.48 bits per heavy atom. The topological polar surface area (TPSA) is 75.9 Å². The van der Waals surface area contributed by atoms with E-state index in [0.29, 0.717) is 5.82 Å². The molecule has 0 aliphatic carbocycles. The highest BCUT2D eigenvalue weighted by Crippen LogP contribution is 2.22. The molecule has 0 bridgehead atoms. The van der Waals surface area contributed by atoms with Crippen LogP contribution in [-0.4, -0.2) is 9.97 Å². The zero-order valence-electron chi connectivity index (χ0n) is 11.8. The van der Waals surface area contributed by atoms with Crippen LogP contribution in [0, 0.1) is 0 Å². The van der Waals surface area contributed by atoms with Gasteiger partial charge in [-0.05, 0) is 22.9 Å². The minimum absolute atomic E-state index is 0.602. The van der Waals surface area contributed by atoms with E-state index < -0.39 is 0 Å². The van der Waals surface area contributed by atoms with Gasteiger partial charge in [-0.15, -0.1) is 0 Å². The number of nitrogen functional groups attached to an aromatic ring is 1. The summed E-state index contributed by atoms with van der Waals surface area (Å²) in [5.74, 6) is 7.52. The van der Waals surface area contributed by atoms with E-state index >= 15 is 0 Å². The van der Waals surface area contributed by atoms with Crippen molar-refractivity contribution < 1.29 is 0 Å². The number of hydrogen-bond acceptors (Lipinski definition) is 5. The predicted molar refractivity (Wildman–Crippen MR) is 86.5 cm³/mol. The third-order valence-corrected chi connectivity index (χ3v) is 3.26. The minimum atomic E-state index is 0.602. The fourth-order valence-corrected chi connectivity index (χ4v) is 2.21. The maximum Gasteiger partial charge on any atom is 0.145 e. The molecule has 2 aromatic carbocycles. The molecule has 0 aliphatic heterocycles. The highest BCUT2D eigenvalue weighted by atomic mass is 15.3. The Morgan fingerprint density at radius 2 is 1.71 bits per heavy atom. The monoisotopic (exact) mass is 279 g/mol. The van der Waals surface area contributed by atoms with E-state index in [1.165, 1.54) is 10.8 Å². The van der Waals surface area contributed by atoms with Gasteiger partial charge >= 0.3 is 0 Å². The summed E-state index contributed by atoms with van der Waals surface area (Å²) in [6.07, 6.45) is 0.752. The number of aromatic nitrogens is 2. The molecule has 1 aromatic heterocycles. The molecule has 0 atom stereocenters. The lowest BCUT2D eigenvalue weighted by atomic mass is 10.1. The third kappa shape index (κ3) is 2.93. The number of nitrogens with two attached hydrogens (primary N) is 1. The fraction of sp³-hybridized carbons (Fsp3) is 0.125. The summed E-state index contributed by atoms with van der Waals surface area (Å²) in [6.45, 7) is 2.01. The number of anilines is 3. The smallest absolute Gasteiger partial charge is 0.145 e. The first-order valence-corrected chi connectivity index (χ1v) is 6.89. The molecule has 0 unspecified atom stereocenters. The van der Waals surface area contributed by atoms with Crippen LogP contribution in [0.4, 0.5) is 17.3 Å². The zero-order valence-corrected chi connectivity index (χ0v) is 11.8. The molecule has 5 heteroatoms.